The zero-order chi connectivity index (χ0) is 14.3. The first kappa shape index (κ1) is 15.5. The lowest BCUT2D eigenvalue weighted by atomic mass is 10.1. The van der Waals surface area contributed by atoms with Crippen LogP contribution in [-0.4, -0.2) is 24.2 Å². The first-order chi connectivity index (χ1) is 9.10. The number of hydrogen-bond acceptors (Lipinski definition) is 2. The van der Waals surface area contributed by atoms with Gasteiger partial charge in [0.15, 0.2) is 0 Å². The Kier molecular flexibility index (Phi) is 6.40. The third kappa shape index (κ3) is 4.58. The van der Waals surface area contributed by atoms with E-state index in [4.69, 9.17) is 0 Å². The van der Waals surface area contributed by atoms with Crippen LogP contribution in [0.25, 0.3) is 0 Å². The SMILES string of the molecule is CCCCN(CCCC)c1ccc(C)cc1C(=O)O. The van der Waals surface area contributed by atoms with Gasteiger partial charge in [-0.1, -0.05) is 38.3 Å². The van der Waals surface area contributed by atoms with Crippen molar-refractivity contribution < 1.29 is 9.90 Å². The Morgan fingerprint density at radius 2 is 1.74 bits per heavy atom. The van der Waals surface area contributed by atoms with Gasteiger partial charge in [0.05, 0.1) is 11.3 Å². The van der Waals surface area contributed by atoms with E-state index in [0.717, 1.165) is 50.0 Å². The molecule has 0 saturated heterocycles. The summed E-state index contributed by atoms with van der Waals surface area (Å²) in [6, 6.07) is 5.71. The quantitative estimate of drug-likeness (QED) is 0.767. The second kappa shape index (κ2) is 7.82. The van der Waals surface area contributed by atoms with Gasteiger partial charge in [0.1, 0.15) is 0 Å². The van der Waals surface area contributed by atoms with Crippen LogP contribution in [0.15, 0.2) is 18.2 Å². The number of unbranched alkanes of at least 4 members (excludes halogenated alkanes) is 2. The van der Waals surface area contributed by atoms with Crippen LogP contribution in [-0.2, 0) is 0 Å². The van der Waals surface area contributed by atoms with Crippen LogP contribution in [0, 0.1) is 6.92 Å². The third-order valence-corrected chi connectivity index (χ3v) is 3.29. The molecule has 1 aromatic carbocycles. The number of aromatic carboxylic acids is 1. The van der Waals surface area contributed by atoms with Crippen LogP contribution in [0.4, 0.5) is 5.69 Å². The average Bonchev–Trinajstić information content (AvgIpc) is 2.39. The monoisotopic (exact) mass is 263 g/mol. The maximum atomic E-state index is 11.4. The van der Waals surface area contributed by atoms with Crippen molar-refractivity contribution in [3.63, 3.8) is 0 Å². The summed E-state index contributed by atoms with van der Waals surface area (Å²) in [6.07, 6.45) is 4.43. The smallest absolute Gasteiger partial charge is 0.337 e. The maximum Gasteiger partial charge on any atom is 0.337 e. The summed E-state index contributed by atoms with van der Waals surface area (Å²) in [7, 11) is 0. The standard InChI is InChI=1S/C16H25NO2/c1-4-6-10-17(11-7-5-2)15-9-8-13(3)12-14(15)16(18)19/h8-9,12H,4-7,10-11H2,1-3H3,(H,18,19). The van der Waals surface area contributed by atoms with E-state index in [1.165, 1.54) is 0 Å². The molecule has 3 nitrogen and oxygen atoms in total. The van der Waals surface area contributed by atoms with E-state index in [0.29, 0.717) is 5.56 Å². The molecule has 0 aliphatic rings. The molecule has 19 heavy (non-hydrogen) atoms. The van der Waals surface area contributed by atoms with E-state index in [9.17, 15) is 9.90 Å². The lowest BCUT2D eigenvalue weighted by molar-refractivity contribution is 0.0697. The van der Waals surface area contributed by atoms with Crippen LogP contribution in [0.3, 0.4) is 0 Å². The second-order valence-electron chi connectivity index (χ2n) is 5.02. The van der Waals surface area contributed by atoms with Crippen molar-refractivity contribution in [1.82, 2.24) is 0 Å². The molecule has 0 unspecified atom stereocenters. The minimum absolute atomic E-state index is 0.423. The van der Waals surface area contributed by atoms with Crippen molar-refractivity contribution in [3.05, 3.63) is 29.3 Å². The minimum Gasteiger partial charge on any atom is -0.478 e. The summed E-state index contributed by atoms with van der Waals surface area (Å²) in [5, 5.41) is 9.36. The van der Waals surface area contributed by atoms with Crippen molar-refractivity contribution in [2.45, 2.75) is 46.5 Å². The van der Waals surface area contributed by atoms with E-state index in [-0.39, 0.29) is 0 Å². The number of carboxylic acids is 1. The van der Waals surface area contributed by atoms with Crippen molar-refractivity contribution in [1.29, 1.82) is 0 Å². The molecule has 0 fully saturated rings. The van der Waals surface area contributed by atoms with Gasteiger partial charge in [0.25, 0.3) is 0 Å². The van der Waals surface area contributed by atoms with Crippen LogP contribution in [0.2, 0.25) is 0 Å². The summed E-state index contributed by atoms with van der Waals surface area (Å²) in [5.41, 5.74) is 2.28. The highest BCUT2D eigenvalue weighted by Crippen LogP contribution is 2.23. The fourth-order valence-electron chi connectivity index (χ4n) is 2.15. The Hall–Kier alpha value is -1.51. The van der Waals surface area contributed by atoms with Gasteiger partial charge < -0.3 is 10.0 Å². The molecule has 0 amide bonds. The van der Waals surface area contributed by atoms with Gasteiger partial charge in [-0.3, -0.25) is 0 Å². The van der Waals surface area contributed by atoms with Gasteiger partial charge in [-0.15, -0.1) is 0 Å². The summed E-state index contributed by atoms with van der Waals surface area (Å²) in [5.74, 6) is -0.836. The fraction of sp³-hybridized carbons (Fsp3) is 0.562. The van der Waals surface area contributed by atoms with Crippen molar-refractivity contribution in [2.24, 2.45) is 0 Å². The van der Waals surface area contributed by atoms with E-state index in [2.05, 4.69) is 18.7 Å². The summed E-state index contributed by atoms with van der Waals surface area (Å²) < 4.78 is 0. The zero-order valence-electron chi connectivity index (χ0n) is 12.3. The van der Waals surface area contributed by atoms with E-state index < -0.39 is 5.97 Å². The Balaban J connectivity index is 3.02. The Labute approximate surface area is 116 Å². The number of benzene rings is 1. The molecule has 0 bridgehead atoms. The maximum absolute atomic E-state index is 11.4. The first-order valence-corrected chi connectivity index (χ1v) is 7.19. The van der Waals surface area contributed by atoms with Crippen molar-refractivity contribution >= 4 is 11.7 Å². The number of hydrogen-bond donors (Lipinski definition) is 1. The Bertz CT molecular complexity index is 407. The number of rotatable bonds is 8. The third-order valence-electron chi connectivity index (χ3n) is 3.29. The molecule has 1 aromatic rings. The summed E-state index contributed by atoms with van der Waals surface area (Å²) in [4.78, 5) is 13.6. The molecule has 0 aromatic heterocycles. The van der Waals surface area contributed by atoms with Crippen LogP contribution >= 0.6 is 0 Å². The van der Waals surface area contributed by atoms with Crippen LogP contribution in [0.1, 0.15) is 55.5 Å². The molecule has 1 rings (SSSR count). The topological polar surface area (TPSA) is 40.5 Å². The highest BCUT2D eigenvalue weighted by Gasteiger charge is 2.15. The second-order valence-corrected chi connectivity index (χ2v) is 5.02. The largest absolute Gasteiger partial charge is 0.478 e. The molecule has 0 heterocycles. The van der Waals surface area contributed by atoms with Gasteiger partial charge in [0, 0.05) is 13.1 Å². The molecule has 0 atom stereocenters. The van der Waals surface area contributed by atoms with Gasteiger partial charge in [0.2, 0.25) is 0 Å². The predicted molar refractivity (Wildman–Crippen MR) is 80.2 cm³/mol. The zero-order valence-corrected chi connectivity index (χ0v) is 12.3. The van der Waals surface area contributed by atoms with Crippen LogP contribution in [0.5, 0.6) is 0 Å². The molecule has 0 radical (unpaired) electrons. The molecular weight excluding hydrogens is 238 g/mol. The summed E-state index contributed by atoms with van der Waals surface area (Å²) in [6.45, 7) is 8.11. The molecule has 1 N–H and O–H groups in total. The van der Waals surface area contributed by atoms with Gasteiger partial charge in [-0.2, -0.15) is 0 Å². The van der Waals surface area contributed by atoms with E-state index in [1.54, 1.807) is 6.07 Å². The van der Waals surface area contributed by atoms with E-state index in [1.807, 2.05) is 19.1 Å². The molecule has 3 heteroatoms. The number of carbonyl (C=O) groups is 1. The number of carboxylic acid groups (broad SMARTS) is 1. The molecule has 0 aliphatic heterocycles. The molecule has 0 saturated carbocycles. The van der Waals surface area contributed by atoms with Gasteiger partial charge >= 0.3 is 5.97 Å². The van der Waals surface area contributed by atoms with E-state index >= 15 is 0 Å². The lowest BCUT2D eigenvalue weighted by Gasteiger charge is -2.26. The summed E-state index contributed by atoms with van der Waals surface area (Å²) >= 11 is 0. The first-order valence-electron chi connectivity index (χ1n) is 7.19. The average molecular weight is 263 g/mol. The molecular formula is C16H25NO2. The van der Waals surface area contributed by atoms with Crippen molar-refractivity contribution in [2.75, 3.05) is 18.0 Å². The van der Waals surface area contributed by atoms with Gasteiger partial charge in [-0.05, 0) is 31.9 Å². The van der Waals surface area contributed by atoms with Gasteiger partial charge in [-0.25, -0.2) is 4.79 Å². The Morgan fingerprint density at radius 1 is 1.16 bits per heavy atom. The van der Waals surface area contributed by atoms with Crippen LogP contribution < -0.4 is 4.90 Å². The van der Waals surface area contributed by atoms with Crippen molar-refractivity contribution in [3.8, 4) is 0 Å². The molecule has 106 valence electrons. The number of nitrogens with zero attached hydrogens (tertiary/aromatic N) is 1. The minimum atomic E-state index is -0.836. The molecule has 0 spiro atoms. The lowest BCUT2D eigenvalue weighted by Crippen LogP contribution is -2.27. The molecule has 0 aliphatic carbocycles. The fourth-order valence-corrected chi connectivity index (χ4v) is 2.15. The highest BCUT2D eigenvalue weighted by molar-refractivity contribution is 5.94. The predicted octanol–water partition coefficient (Wildman–Crippen LogP) is 4.10. The number of aryl methyl sites for hydroxylation is 1. The Morgan fingerprint density at radius 3 is 2.21 bits per heavy atom. The highest BCUT2D eigenvalue weighted by atomic mass is 16.4. The normalized spacial score (nSPS) is 10.5. The number of anilines is 1.